The number of carboxylic acids is 1. The van der Waals surface area contributed by atoms with Crippen molar-refractivity contribution in [3.8, 4) is 0 Å². The van der Waals surface area contributed by atoms with E-state index in [4.69, 9.17) is 9.84 Å². The van der Waals surface area contributed by atoms with Crippen LogP contribution in [0, 0.1) is 0 Å². The first-order chi connectivity index (χ1) is 7.70. The van der Waals surface area contributed by atoms with E-state index in [0.717, 1.165) is 0 Å². The van der Waals surface area contributed by atoms with Crippen LogP contribution in [-0.2, 0) is 14.3 Å². The molecule has 0 saturated carbocycles. The smallest absolute Gasteiger partial charge is 0.322 e. The molecule has 1 fully saturated rings. The molecule has 5 nitrogen and oxygen atoms in total. The Morgan fingerprint density at radius 3 is 2.41 bits per heavy atom. The summed E-state index contributed by atoms with van der Waals surface area (Å²) < 4.78 is 4.44. The van der Waals surface area contributed by atoms with Crippen molar-refractivity contribution in [2.24, 2.45) is 0 Å². The molecule has 2 atom stereocenters. The van der Waals surface area contributed by atoms with Gasteiger partial charge in [-0.25, -0.2) is 0 Å². The van der Waals surface area contributed by atoms with Crippen LogP contribution in [0.15, 0.2) is 0 Å². The first kappa shape index (κ1) is 14.3. The van der Waals surface area contributed by atoms with Crippen LogP contribution in [0.3, 0.4) is 0 Å². The van der Waals surface area contributed by atoms with Gasteiger partial charge in [0.1, 0.15) is 6.04 Å². The van der Waals surface area contributed by atoms with E-state index in [-0.39, 0.29) is 12.4 Å². The molecule has 1 rings (SSSR count). The van der Waals surface area contributed by atoms with E-state index in [0.29, 0.717) is 6.61 Å². The molecule has 98 valence electrons. The zero-order valence-corrected chi connectivity index (χ0v) is 11.4. The number of carbonyl (C=O) groups excluding carboxylic acids is 1. The number of thioether (sulfide) groups is 1. The van der Waals surface area contributed by atoms with Crippen molar-refractivity contribution in [2.45, 2.75) is 49.8 Å². The number of ether oxygens (including phenoxy) is 1. The Morgan fingerprint density at radius 2 is 2.00 bits per heavy atom. The van der Waals surface area contributed by atoms with Crippen molar-refractivity contribution in [3.05, 3.63) is 0 Å². The third-order valence-electron chi connectivity index (χ3n) is 2.67. The summed E-state index contributed by atoms with van der Waals surface area (Å²) in [6.07, 6.45) is 0.165. The Labute approximate surface area is 105 Å². The number of hydrogen-bond acceptors (Lipinski definition) is 5. The number of aliphatic carboxylic acids is 1. The standard InChI is InChI=1S/C11H19NO4S/c1-5-16-7(13)6-11(4)12-8(9(14)15)10(2,3)17-11/h8,12H,5-6H2,1-4H3,(H,14,15)/t8-,11+/m0/s1. The van der Waals surface area contributed by atoms with E-state index in [1.807, 2.05) is 20.8 Å². The fourth-order valence-electron chi connectivity index (χ4n) is 2.08. The molecular formula is C11H19NO4S. The third-order valence-corrected chi connectivity index (χ3v) is 4.14. The Bertz CT molecular complexity index is 331. The summed E-state index contributed by atoms with van der Waals surface area (Å²) in [4.78, 5) is 22.0. The van der Waals surface area contributed by atoms with Gasteiger partial charge in [-0.15, -0.1) is 11.8 Å². The van der Waals surface area contributed by atoms with Gasteiger partial charge in [0, 0.05) is 4.75 Å². The summed E-state index contributed by atoms with van der Waals surface area (Å²) >= 11 is 1.47. The van der Waals surface area contributed by atoms with Crippen LogP contribution < -0.4 is 5.32 Å². The lowest BCUT2D eigenvalue weighted by Crippen LogP contribution is -2.48. The molecule has 1 aliphatic rings. The summed E-state index contributed by atoms with van der Waals surface area (Å²) in [5.41, 5.74) is 0. The molecule has 2 N–H and O–H groups in total. The third kappa shape index (κ3) is 3.35. The SMILES string of the molecule is CCOC(=O)C[C@]1(C)N[C@@H](C(=O)O)C(C)(C)S1. The zero-order chi connectivity index (χ0) is 13.3. The predicted octanol–water partition coefficient (Wildman–Crippen LogP) is 1.22. The molecular weight excluding hydrogens is 242 g/mol. The van der Waals surface area contributed by atoms with E-state index in [1.54, 1.807) is 6.92 Å². The fourth-order valence-corrected chi connectivity index (χ4v) is 3.89. The topological polar surface area (TPSA) is 75.6 Å². The highest BCUT2D eigenvalue weighted by Crippen LogP contribution is 2.46. The van der Waals surface area contributed by atoms with Gasteiger partial charge >= 0.3 is 11.9 Å². The quantitative estimate of drug-likeness (QED) is 0.741. The highest BCUT2D eigenvalue weighted by Gasteiger charge is 2.51. The van der Waals surface area contributed by atoms with E-state index < -0.39 is 21.6 Å². The zero-order valence-electron chi connectivity index (χ0n) is 10.6. The minimum atomic E-state index is -0.893. The van der Waals surface area contributed by atoms with Crippen LogP contribution in [0.2, 0.25) is 0 Å². The summed E-state index contributed by atoms with van der Waals surface area (Å²) in [5, 5.41) is 12.1. The van der Waals surface area contributed by atoms with Gasteiger partial charge in [0.2, 0.25) is 0 Å². The molecule has 0 unspecified atom stereocenters. The van der Waals surface area contributed by atoms with Crippen LogP contribution >= 0.6 is 11.8 Å². The molecule has 1 aliphatic heterocycles. The van der Waals surface area contributed by atoms with Gasteiger partial charge in [0.25, 0.3) is 0 Å². The number of esters is 1. The van der Waals surface area contributed by atoms with E-state index >= 15 is 0 Å². The minimum absolute atomic E-state index is 0.165. The molecule has 0 bridgehead atoms. The lowest BCUT2D eigenvalue weighted by Gasteiger charge is -2.24. The highest BCUT2D eigenvalue weighted by molar-refractivity contribution is 8.02. The highest BCUT2D eigenvalue weighted by atomic mass is 32.2. The largest absolute Gasteiger partial charge is 0.480 e. The Hall–Kier alpha value is -0.750. The van der Waals surface area contributed by atoms with E-state index in [1.165, 1.54) is 11.8 Å². The Balaban J connectivity index is 2.74. The molecule has 0 aromatic heterocycles. The van der Waals surface area contributed by atoms with Crippen molar-refractivity contribution in [2.75, 3.05) is 6.61 Å². The van der Waals surface area contributed by atoms with Gasteiger partial charge in [0.05, 0.1) is 17.9 Å². The normalized spacial score (nSPS) is 31.2. The van der Waals surface area contributed by atoms with Gasteiger partial charge < -0.3 is 9.84 Å². The van der Waals surface area contributed by atoms with Crippen LogP contribution in [0.25, 0.3) is 0 Å². The molecule has 0 radical (unpaired) electrons. The summed E-state index contributed by atoms with van der Waals surface area (Å²) in [6.45, 7) is 7.64. The average molecular weight is 261 g/mol. The second kappa shape index (κ2) is 4.86. The lowest BCUT2D eigenvalue weighted by molar-refractivity contribution is -0.145. The molecule has 0 amide bonds. The first-order valence-electron chi connectivity index (χ1n) is 5.56. The molecule has 0 aliphatic carbocycles. The Kier molecular flexibility index (Phi) is 4.09. The average Bonchev–Trinajstić information content (AvgIpc) is 2.35. The number of rotatable bonds is 4. The maximum Gasteiger partial charge on any atom is 0.322 e. The summed E-state index contributed by atoms with van der Waals surface area (Å²) in [5.74, 6) is -1.20. The lowest BCUT2D eigenvalue weighted by atomic mass is 10.0. The first-order valence-corrected chi connectivity index (χ1v) is 6.38. The number of hydrogen-bond donors (Lipinski definition) is 2. The van der Waals surface area contributed by atoms with Gasteiger partial charge in [-0.2, -0.15) is 0 Å². The van der Waals surface area contributed by atoms with Crippen molar-refractivity contribution >= 4 is 23.7 Å². The van der Waals surface area contributed by atoms with E-state index in [2.05, 4.69) is 5.32 Å². The minimum Gasteiger partial charge on any atom is -0.480 e. The number of nitrogens with one attached hydrogen (secondary N) is 1. The maximum atomic E-state index is 11.5. The fraction of sp³-hybridized carbons (Fsp3) is 0.818. The molecule has 6 heteroatoms. The van der Waals surface area contributed by atoms with Gasteiger partial charge in [-0.1, -0.05) is 0 Å². The van der Waals surface area contributed by atoms with Crippen LogP contribution in [0.4, 0.5) is 0 Å². The second-order valence-electron chi connectivity index (χ2n) is 4.83. The molecule has 17 heavy (non-hydrogen) atoms. The van der Waals surface area contributed by atoms with Gasteiger partial charge in [0.15, 0.2) is 0 Å². The number of carboxylic acid groups (broad SMARTS) is 1. The Morgan fingerprint density at radius 1 is 1.41 bits per heavy atom. The van der Waals surface area contributed by atoms with Crippen molar-refractivity contribution in [3.63, 3.8) is 0 Å². The predicted molar refractivity (Wildman–Crippen MR) is 65.9 cm³/mol. The second-order valence-corrected chi connectivity index (χ2v) is 6.99. The van der Waals surface area contributed by atoms with Crippen molar-refractivity contribution in [1.82, 2.24) is 5.32 Å². The summed E-state index contributed by atoms with van der Waals surface area (Å²) in [6, 6.07) is -0.660. The molecule has 1 heterocycles. The maximum absolute atomic E-state index is 11.5. The molecule has 1 saturated heterocycles. The molecule has 0 spiro atoms. The van der Waals surface area contributed by atoms with E-state index in [9.17, 15) is 9.59 Å². The monoisotopic (exact) mass is 261 g/mol. The van der Waals surface area contributed by atoms with Gasteiger partial charge in [-0.3, -0.25) is 14.9 Å². The molecule has 0 aromatic carbocycles. The van der Waals surface area contributed by atoms with Crippen LogP contribution in [-0.4, -0.2) is 39.3 Å². The van der Waals surface area contributed by atoms with Crippen molar-refractivity contribution in [1.29, 1.82) is 0 Å². The summed E-state index contributed by atoms with van der Waals surface area (Å²) in [7, 11) is 0. The van der Waals surface area contributed by atoms with Crippen molar-refractivity contribution < 1.29 is 19.4 Å². The van der Waals surface area contributed by atoms with Gasteiger partial charge in [-0.05, 0) is 27.7 Å². The number of carbonyl (C=O) groups is 2. The molecule has 0 aromatic rings. The van der Waals surface area contributed by atoms with Crippen LogP contribution in [0.1, 0.15) is 34.1 Å². The van der Waals surface area contributed by atoms with Crippen LogP contribution in [0.5, 0.6) is 0 Å².